The van der Waals surface area contributed by atoms with Gasteiger partial charge in [-0.05, 0) is 37.8 Å². The first-order valence-electron chi connectivity index (χ1n) is 5.94. The van der Waals surface area contributed by atoms with E-state index in [1.807, 2.05) is 19.1 Å². The first kappa shape index (κ1) is 11.1. The Hall–Kier alpha value is -1.38. The normalized spacial score (nSPS) is 14.9. The van der Waals surface area contributed by atoms with Crippen molar-refractivity contribution >= 4 is 11.4 Å². The highest BCUT2D eigenvalue weighted by Gasteiger charge is 2.23. The minimum atomic E-state index is 0.653. The molecule has 16 heavy (non-hydrogen) atoms. The number of hydrogen-bond donors (Lipinski definition) is 1. The van der Waals surface area contributed by atoms with Crippen molar-refractivity contribution in [2.45, 2.75) is 19.8 Å². The molecule has 0 spiro atoms. The molecule has 0 aromatic heterocycles. The average Bonchev–Trinajstić information content (AvgIpc) is 3.05. The van der Waals surface area contributed by atoms with Crippen LogP contribution in [-0.2, 0) is 0 Å². The molecular weight excluding hydrogens is 200 g/mol. The fourth-order valence-corrected chi connectivity index (χ4v) is 1.83. The van der Waals surface area contributed by atoms with E-state index in [0.29, 0.717) is 12.3 Å². The number of rotatable bonds is 5. The Bertz CT molecular complexity index is 361. The molecule has 0 bridgehead atoms. The zero-order valence-electron chi connectivity index (χ0n) is 10.1. The first-order chi connectivity index (χ1) is 7.70. The molecule has 1 saturated carbocycles. The lowest BCUT2D eigenvalue weighted by Gasteiger charge is -2.20. The summed E-state index contributed by atoms with van der Waals surface area (Å²) < 4.78 is 5.50. The van der Waals surface area contributed by atoms with E-state index < -0.39 is 0 Å². The third-order valence-electron chi connectivity index (χ3n) is 2.97. The van der Waals surface area contributed by atoms with Gasteiger partial charge in [-0.15, -0.1) is 0 Å². The van der Waals surface area contributed by atoms with Gasteiger partial charge in [0.25, 0.3) is 0 Å². The first-order valence-corrected chi connectivity index (χ1v) is 5.94. The Morgan fingerprint density at radius 3 is 2.81 bits per heavy atom. The van der Waals surface area contributed by atoms with Crippen LogP contribution in [0.3, 0.4) is 0 Å². The standard InChI is InChI=1S/C13H20N2O/c1-3-16-13-8-11(6-7-12(13)14)15(2)9-10-4-5-10/h6-8,10H,3-5,9,14H2,1-2H3. The molecule has 0 unspecified atom stereocenters. The molecule has 3 nitrogen and oxygen atoms in total. The summed E-state index contributed by atoms with van der Waals surface area (Å²) in [6.45, 7) is 3.76. The van der Waals surface area contributed by atoms with Gasteiger partial charge < -0.3 is 15.4 Å². The van der Waals surface area contributed by atoms with Crippen LogP contribution < -0.4 is 15.4 Å². The summed E-state index contributed by atoms with van der Waals surface area (Å²) in [5, 5.41) is 0. The van der Waals surface area contributed by atoms with Gasteiger partial charge in [-0.1, -0.05) is 0 Å². The van der Waals surface area contributed by atoms with Crippen LogP contribution in [0, 0.1) is 5.92 Å². The van der Waals surface area contributed by atoms with E-state index in [1.54, 1.807) is 0 Å². The molecule has 0 saturated heterocycles. The van der Waals surface area contributed by atoms with Crippen molar-refractivity contribution in [1.82, 2.24) is 0 Å². The maximum atomic E-state index is 5.85. The van der Waals surface area contributed by atoms with E-state index in [1.165, 1.54) is 18.5 Å². The number of nitrogen functional groups attached to an aromatic ring is 1. The van der Waals surface area contributed by atoms with Gasteiger partial charge in [0.2, 0.25) is 0 Å². The molecular formula is C13H20N2O. The molecule has 0 aliphatic heterocycles. The van der Waals surface area contributed by atoms with Crippen molar-refractivity contribution in [3.05, 3.63) is 18.2 Å². The third kappa shape index (κ3) is 2.60. The van der Waals surface area contributed by atoms with Gasteiger partial charge in [-0.2, -0.15) is 0 Å². The van der Waals surface area contributed by atoms with Crippen LogP contribution in [0.1, 0.15) is 19.8 Å². The lowest BCUT2D eigenvalue weighted by atomic mass is 10.2. The lowest BCUT2D eigenvalue weighted by molar-refractivity contribution is 0.342. The fraction of sp³-hybridized carbons (Fsp3) is 0.538. The molecule has 1 fully saturated rings. The highest BCUT2D eigenvalue weighted by molar-refractivity contribution is 5.62. The molecule has 88 valence electrons. The minimum absolute atomic E-state index is 0.653. The van der Waals surface area contributed by atoms with Crippen molar-refractivity contribution in [3.8, 4) is 5.75 Å². The van der Waals surface area contributed by atoms with Crippen LogP contribution in [-0.4, -0.2) is 20.2 Å². The second-order valence-electron chi connectivity index (χ2n) is 4.48. The molecule has 2 N–H and O–H groups in total. The largest absolute Gasteiger partial charge is 0.492 e. The zero-order chi connectivity index (χ0) is 11.5. The Labute approximate surface area is 97.2 Å². The molecule has 0 heterocycles. The van der Waals surface area contributed by atoms with Crippen LogP contribution in [0.15, 0.2) is 18.2 Å². The van der Waals surface area contributed by atoms with Crippen molar-refractivity contribution in [1.29, 1.82) is 0 Å². The molecule has 3 heteroatoms. The van der Waals surface area contributed by atoms with E-state index in [4.69, 9.17) is 10.5 Å². The van der Waals surface area contributed by atoms with Gasteiger partial charge in [0.05, 0.1) is 12.3 Å². The lowest BCUT2D eigenvalue weighted by Crippen LogP contribution is -2.19. The number of nitrogens with two attached hydrogens (primary N) is 1. The number of hydrogen-bond acceptors (Lipinski definition) is 3. The summed E-state index contributed by atoms with van der Waals surface area (Å²) in [6, 6.07) is 6.01. The highest BCUT2D eigenvalue weighted by atomic mass is 16.5. The van der Waals surface area contributed by atoms with E-state index >= 15 is 0 Å². The summed E-state index contributed by atoms with van der Waals surface area (Å²) >= 11 is 0. The number of benzene rings is 1. The Balaban J connectivity index is 2.10. The summed E-state index contributed by atoms with van der Waals surface area (Å²) in [4.78, 5) is 2.28. The van der Waals surface area contributed by atoms with Gasteiger partial charge in [0, 0.05) is 25.3 Å². The molecule has 2 rings (SSSR count). The minimum Gasteiger partial charge on any atom is -0.492 e. The zero-order valence-corrected chi connectivity index (χ0v) is 10.1. The molecule has 0 radical (unpaired) electrons. The van der Waals surface area contributed by atoms with E-state index in [-0.39, 0.29) is 0 Å². The van der Waals surface area contributed by atoms with Crippen molar-refractivity contribution in [2.75, 3.05) is 30.8 Å². The number of anilines is 2. The van der Waals surface area contributed by atoms with Gasteiger partial charge in [-0.3, -0.25) is 0 Å². The van der Waals surface area contributed by atoms with Crippen LogP contribution in [0.2, 0.25) is 0 Å². The van der Waals surface area contributed by atoms with E-state index in [9.17, 15) is 0 Å². The van der Waals surface area contributed by atoms with Gasteiger partial charge in [0.1, 0.15) is 5.75 Å². The molecule has 1 aromatic rings. The van der Waals surface area contributed by atoms with Crippen LogP contribution >= 0.6 is 0 Å². The topological polar surface area (TPSA) is 38.5 Å². The molecule has 1 aromatic carbocycles. The van der Waals surface area contributed by atoms with Gasteiger partial charge in [-0.25, -0.2) is 0 Å². The van der Waals surface area contributed by atoms with E-state index in [0.717, 1.165) is 18.2 Å². The summed E-state index contributed by atoms with van der Waals surface area (Å²) in [6.07, 6.45) is 2.75. The summed E-state index contributed by atoms with van der Waals surface area (Å²) in [5.41, 5.74) is 7.74. The van der Waals surface area contributed by atoms with Crippen LogP contribution in [0.4, 0.5) is 11.4 Å². The predicted molar refractivity (Wildman–Crippen MR) is 68.0 cm³/mol. The predicted octanol–water partition coefficient (Wildman–Crippen LogP) is 2.51. The second kappa shape index (κ2) is 4.64. The summed E-state index contributed by atoms with van der Waals surface area (Å²) in [7, 11) is 2.12. The molecule has 0 atom stereocenters. The maximum Gasteiger partial charge on any atom is 0.144 e. The van der Waals surface area contributed by atoms with Gasteiger partial charge >= 0.3 is 0 Å². The van der Waals surface area contributed by atoms with Gasteiger partial charge in [0.15, 0.2) is 0 Å². The Kier molecular flexibility index (Phi) is 3.22. The van der Waals surface area contributed by atoms with Crippen molar-refractivity contribution in [3.63, 3.8) is 0 Å². The Morgan fingerprint density at radius 2 is 2.19 bits per heavy atom. The fourth-order valence-electron chi connectivity index (χ4n) is 1.83. The highest BCUT2D eigenvalue weighted by Crippen LogP contribution is 2.32. The van der Waals surface area contributed by atoms with Crippen molar-refractivity contribution in [2.24, 2.45) is 5.92 Å². The average molecular weight is 220 g/mol. The Morgan fingerprint density at radius 1 is 1.44 bits per heavy atom. The van der Waals surface area contributed by atoms with E-state index in [2.05, 4.69) is 18.0 Å². The van der Waals surface area contributed by atoms with Crippen LogP contribution in [0.5, 0.6) is 5.75 Å². The summed E-state index contributed by atoms with van der Waals surface area (Å²) in [5.74, 6) is 1.68. The molecule has 0 amide bonds. The number of ether oxygens (including phenoxy) is 1. The number of nitrogens with zero attached hydrogens (tertiary/aromatic N) is 1. The SMILES string of the molecule is CCOc1cc(N(C)CC2CC2)ccc1N. The molecule has 1 aliphatic rings. The molecule has 1 aliphatic carbocycles. The van der Waals surface area contributed by atoms with Crippen molar-refractivity contribution < 1.29 is 4.74 Å². The maximum absolute atomic E-state index is 5.85. The second-order valence-corrected chi connectivity index (χ2v) is 4.48. The van der Waals surface area contributed by atoms with Crippen LogP contribution in [0.25, 0.3) is 0 Å². The monoisotopic (exact) mass is 220 g/mol. The third-order valence-corrected chi connectivity index (χ3v) is 2.97. The smallest absolute Gasteiger partial charge is 0.144 e. The quantitative estimate of drug-likeness (QED) is 0.775.